The summed E-state index contributed by atoms with van der Waals surface area (Å²) in [6.07, 6.45) is 10.3. The molecule has 0 amide bonds. The molecule has 0 unspecified atom stereocenters. The van der Waals surface area contributed by atoms with Gasteiger partial charge in [0.15, 0.2) is 5.78 Å². The lowest BCUT2D eigenvalue weighted by molar-refractivity contribution is -0.114. The van der Waals surface area contributed by atoms with Gasteiger partial charge in [-0.05, 0) is 30.8 Å². The highest BCUT2D eigenvalue weighted by atomic mass is 16.1. The van der Waals surface area contributed by atoms with E-state index < -0.39 is 0 Å². The molecule has 1 aliphatic carbocycles. The van der Waals surface area contributed by atoms with Crippen molar-refractivity contribution in [2.24, 2.45) is 11.8 Å². The van der Waals surface area contributed by atoms with Gasteiger partial charge in [-0.25, -0.2) is 0 Å². The molecule has 1 atom stereocenters. The van der Waals surface area contributed by atoms with Crippen LogP contribution >= 0.6 is 0 Å². The van der Waals surface area contributed by atoms with E-state index in [1.807, 2.05) is 6.08 Å². The molecule has 1 heteroatoms. The molecule has 0 saturated carbocycles. The van der Waals surface area contributed by atoms with E-state index in [-0.39, 0.29) is 5.78 Å². The number of hydrogen-bond acceptors (Lipinski definition) is 1. The Morgan fingerprint density at radius 3 is 2.80 bits per heavy atom. The SMILES string of the molecule is C=C1/C=C/[C@@H](C(C)C)CCC(=O)/C=C\C1. The van der Waals surface area contributed by atoms with Gasteiger partial charge < -0.3 is 0 Å². The van der Waals surface area contributed by atoms with Crippen LogP contribution in [0.5, 0.6) is 0 Å². The van der Waals surface area contributed by atoms with E-state index in [9.17, 15) is 4.79 Å². The van der Waals surface area contributed by atoms with Crippen LogP contribution in [-0.2, 0) is 4.79 Å². The molecular weight excluding hydrogens is 184 g/mol. The molecule has 1 aliphatic rings. The van der Waals surface area contributed by atoms with Crippen LogP contribution in [-0.4, -0.2) is 5.78 Å². The van der Waals surface area contributed by atoms with Crippen LogP contribution in [0, 0.1) is 11.8 Å². The van der Waals surface area contributed by atoms with Gasteiger partial charge >= 0.3 is 0 Å². The first kappa shape index (κ1) is 12.0. The first-order valence-corrected chi connectivity index (χ1v) is 5.65. The molecule has 0 aromatic heterocycles. The fourth-order valence-corrected chi connectivity index (χ4v) is 1.71. The van der Waals surface area contributed by atoms with Crippen molar-refractivity contribution in [2.75, 3.05) is 0 Å². The predicted molar refractivity (Wildman–Crippen MR) is 64.6 cm³/mol. The summed E-state index contributed by atoms with van der Waals surface area (Å²) in [6, 6.07) is 0. The van der Waals surface area contributed by atoms with Gasteiger partial charge in [0.25, 0.3) is 0 Å². The zero-order valence-corrected chi connectivity index (χ0v) is 9.70. The molecule has 0 saturated heterocycles. The van der Waals surface area contributed by atoms with E-state index >= 15 is 0 Å². The number of hydrogen-bond donors (Lipinski definition) is 0. The van der Waals surface area contributed by atoms with Crippen molar-refractivity contribution < 1.29 is 4.79 Å². The summed E-state index contributed by atoms with van der Waals surface area (Å²) in [7, 11) is 0. The topological polar surface area (TPSA) is 17.1 Å². The molecule has 0 radical (unpaired) electrons. The van der Waals surface area contributed by atoms with Crippen LogP contribution in [0.4, 0.5) is 0 Å². The van der Waals surface area contributed by atoms with E-state index in [1.165, 1.54) is 0 Å². The number of carbonyl (C=O) groups is 1. The number of ketones is 1. The molecule has 0 aliphatic heterocycles. The summed E-state index contributed by atoms with van der Waals surface area (Å²) in [6.45, 7) is 8.35. The second kappa shape index (κ2) is 5.69. The third-order valence-electron chi connectivity index (χ3n) is 2.84. The normalized spacial score (nSPS) is 27.8. The van der Waals surface area contributed by atoms with Crippen molar-refractivity contribution in [1.29, 1.82) is 0 Å². The van der Waals surface area contributed by atoms with Crippen LogP contribution in [0.15, 0.2) is 36.5 Å². The smallest absolute Gasteiger partial charge is 0.155 e. The molecule has 0 spiro atoms. The summed E-state index contributed by atoms with van der Waals surface area (Å²) in [5.41, 5.74) is 1.08. The largest absolute Gasteiger partial charge is 0.295 e. The van der Waals surface area contributed by atoms with Crippen LogP contribution in [0.3, 0.4) is 0 Å². The fraction of sp³-hybridized carbons (Fsp3) is 0.500. The lowest BCUT2D eigenvalue weighted by Gasteiger charge is -2.16. The van der Waals surface area contributed by atoms with Gasteiger partial charge in [0.1, 0.15) is 0 Å². The number of carbonyl (C=O) groups excluding carboxylic acids is 1. The van der Waals surface area contributed by atoms with Gasteiger partial charge in [0, 0.05) is 6.42 Å². The van der Waals surface area contributed by atoms with Crippen LogP contribution in [0.2, 0.25) is 0 Å². The monoisotopic (exact) mass is 204 g/mol. The summed E-state index contributed by atoms with van der Waals surface area (Å²) in [5.74, 6) is 1.33. The maximum Gasteiger partial charge on any atom is 0.155 e. The number of allylic oxidation sites excluding steroid dienone is 5. The molecule has 0 aromatic carbocycles. The van der Waals surface area contributed by atoms with Gasteiger partial charge in [-0.15, -0.1) is 0 Å². The molecule has 15 heavy (non-hydrogen) atoms. The maximum atomic E-state index is 11.4. The third kappa shape index (κ3) is 4.28. The van der Waals surface area contributed by atoms with Crippen molar-refractivity contribution in [3.63, 3.8) is 0 Å². The average Bonchev–Trinajstić information content (AvgIpc) is 2.16. The molecule has 82 valence electrons. The minimum absolute atomic E-state index is 0.240. The molecule has 0 fully saturated rings. The van der Waals surface area contributed by atoms with Gasteiger partial charge in [-0.1, -0.05) is 44.2 Å². The predicted octanol–water partition coefficient (Wildman–Crippen LogP) is 3.68. The zero-order chi connectivity index (χ0) is 11.3. The molecule has 1 nitrogen and oxygen atoms in total. The quantitative estimate of drug-likeness (QED) is 0.636. The molecule has 0 N–H and O–H groups in total. The van der Waals surface area contributed by atoms with Crippen LogP contribution < -0.4 is 0 Å². The first-order valence-electron chi connectivity index (χ1n) is 5.65. The van der Waals surface area contributed by atoms with Crippen molar-refractivity contribution in [2.45, 2.75) is 33.1 Å². The summed E-state index contributed by atoms with van der Waals surface area (Å²) < 4.78 is 0. The van der Waals surface area contributed by atoms with Crippen molar-refractivity contribution in [3.8, 4) is 0 Å². The van der Waals surface area contributed by atoms with Gasteiger partial charge in [0.05, 0.1) is 0 Å². The Kier molecular flexibility index (Phi) is 4.54. The summed E-state index contributed by atoms with van der Waals surface area (Å²) in [4.78, 5) is 11.4. The van der Waals surface area contributed by atoms with E-state index in [1.54, 1.807) is 6.08 Å². The Morgan fingerprint density at radius 2 is 2.13 bits per heavy atom. The Hall–Kier alpha value is -1.11. The van der Waals surface area contributed by atoms with Crippen molar-refractivity contribution >= 4 is 5.78 Å². The zero-order valence-electron chi connectivity index (χ0n) is 9.70. The number of rotatable bonds is 1. The lowest BCUT2D eigenvalue weighted by atomic mass is 9.89. The van der Waals surface area contributed by atoms with Crippen LogP contribution in [0.1, 0.15) is 33.1 Å². The summed E-state index contributed by atoms with van der Waals surface area (Å²) >= 11 is 0. The van der Waals surface area contributed by atoms with Crippen LogP contribution in [0.25, 0.3) is 0 Å². The Morgan fingerprint density at radius 1 is 1.40 bits per heavy atom. The second-order valence-electron chi connectivity index (χ2n) is 4.54. The van der Waals surface area contributed by atoms with Gasteiger partial charge in [-0.2, -0.15) is 0 Å². The third-order valence-corrected chi connectivity index (χ3v) is 2.84. The minimum Gasteiger partial charge on any atom is -0.295 e. The van der Waals surface area contributed by atoms with E-state index in [0.29, 0.717) is 18.3 Å². The lowest BCUT2D eigenvalue weighted by Crippen LogP contribution is -2.08. The Bertz CT molecular complexity index is 294. The molecule has 1 rings (SSSR count). The molecular formula is C14H20O. The Labute approximate surface area is 92.6 Å². The fourth-order valence-electron chi connectivity index (χ4n) is 1.71. The highest BCUT2D eigenvalue weighted by Gasteiger charge is 2.11. The Balaban J connectivity index is 2.74. The average molecular weight is 204 g/mol. The molecule has 0 heterocycles. The maximum absolute atomic E-state index is 11.4. The van der Waals surface area contributed by atoms with Crippen molar-refractivity contribution in [1.82, 2.24) is 0 Å². The van der Waals surface area contributed by atoms with Gasteiger partial charge in [-0.3, -0.25) is 4.79 Å². The standard InChI is InChI=1S/C14H20O/c1-11(2)13-8-7-12(3)5-4-6-14(15)10-9-13/h4,6-8,11,13H,3,5,9-10H2,1-2H3/b6-4-,8-7+/t13-/m1/s1. The minimum atomic E-state index is 0.240. The van der Waals surface area contributed by atoms with E-state index in [2.05, 4.69) is 32.6 Å². The first-order chi connectivity index (χ1) is 7.09. The van der Waals surface area contributed by atoms with E-state index in [4.69, 9.17) is 0 Å². The highest BCUT2D eigenvalue weighted by Crippen LogP contribution is 2.21. The van der Waals surface area contributed by atoms with Gasteiger partial charge in [0.2, 0.25) is 0 Å². The highest BCUT2D eigenvalue weighted by molar-refractivity contribution is 5.89. The van der Waals surface area contributed by atoms with Crippen molar-refractivity contribution in [3.05, 3.63) is 36.5 Å². The second-order valence-corrected chi connectivity index (χ2v) is 4.54. The van der Waals surface area contributed by atoms with E-state index in [0.717, 1.165) is 18.4 Å². The summed E-state index contributed by atoms with van der Waals surface area (Å²) in [5, 5.41) is 0. The molecule has 0 bridgehead atoms. The molecule has 0 aromatic rings.